The van der Waals surface area contributed by atoms with Crippen LogP contribution in [0.2, 0.25) is 6.04 Å². The topological polar surface area (TPSA) is 53.7 Å². The molecule has 0 amide bonds. The Bertz CT molecular complexity index is 192. The van der Waals surface area contributed by atoms with Gasteiger partial charge in [-0.1, -0.05) is 6.08 Å². The van der Waals surface area contributed by atoms with Gasteiger partial charge in [0.2, 0.25) is 0 Å². The van der Waals surface area contributed by atoms with E-state index in [1.807, 2.05) is 33.8 Å². The lowest BCUT2D eigenvalue weighted by atomic mass is 10.3. The van der Waals surface area contributed by atoms with Crippen LogP contribution in [0, 0.1) is 0 Å². The van der Waals surface area contributed by atoms with Crippen LogP contribution in [-0.4, -0.2) is 28.6 Å². The molecule has 0 radical (unpaired) electrons. The summed E-state index contributed by atoms with van der Waals surface area (Å²) in [5, 5.41) is 0. The number of rotatable bonds is 9. The van der Waals surface area contributed by atoms with Gasteiger partial charge in [-0.2, -0.15) is 0 Å². The molecular formula is C11H25NO3Si. The van der Waals surface area contributed by atoms with Gasteiger partial charge in [0.15, 0.2) is 0 Å². The van der Waals surface area contributed by atoms with E-state index >= 15 is 0 Å². The third kappa shape index (κ3) is 5.65. The summed E-state index contributed by atoms with van der Waals surface area (Å²) >= 11 is 0. The predicted molar refractivity (Wildman–Crippen MR) is 68.0 cm³/mol. The van der Waals surface area contributed by atoms with E-state index in [2.05, 4.69) is 0 Å². The molecule has 0 aromatic heterocycles. The molecule has 0 aliphatic carbocycles. The van der Waals surface area contributed by atoms with Gasteiger partial charge in [-0.3, -0.25) is 0 Å². The van der Waals surface area contributed by atoms with Gasteiger partial charge in [0.05, 0.1) is 0 Å². The predicted octanol–water partition coefficient (Wildman–Crippen LogP) is 2.29. The standard InChI is InChI=1S/C11H25NO3Si/c1-5-11(12)9-10-16(13-6-2,14-7-3)15-8-4/h5H,6-10,12H2,1-4H3. The van der Waals surface area contributed by atoms with Crippen LogP contribution in [0.5, 0.6) is 0 Å². The van der Waals surface area contributed by atoms with Crippen LogP contribution in [0.3, 0.4) is 0 Å². The second kappa shape index (κ2) is 8.75. The SMILES string of the molecule is CC=C(N)CC[Si](OCC)(OCC)OCC. The molecule has 0 saturated carbocycles. The molecule has 5 heteroatoms. The molecule has 0 spiro atoms. The second-order valence-corrected chi connectivity index (χ2v) is 6.08. The minimum atomic E-state index is -2.50. The van der Waals surface area contributed by atoms with Crippen molar-refractivity contribution in [3.63, 3.8) is 0 Å². The van der Waals surface area contributed by atoms with Gasteiger partial charge in [0.1, 0.15) is 0 Å². The summed E-state index contributed by atoms with van der Waals surface area (Å²) in [5.74, 6) is 0. The van der Waals surface area contributed by atoms with Crippen LogP contribution in [0.25, 0.3) is 0 Å². The van der Waals surface area contributed by atoms with Crippen molar-refractivity contribution >= 4 is 8.80 Å². The quantitative estimate of drug-likeness (QED) is 0.635. The number of allylic oxidation sites excluding steroid dienone is 2. The highest BCUT2D eigenvalue weighted by atomic mass is 28.4. The average molecular weight is 247 g/mol. The summed E-state index contributed by atoms with van der Waals surface area (Å²) in [6.07, 6.45) is 2.67. The van der Waals surface area contributed by atoms with Crippen molar-refractivity contribution in [2.75, 3.05) is 19.8 Å². The Hall–Kier alpha value is -0.363. The van der Waals surface area contributed by atoms with Crippen molar-refractivity contribution in [2.24, 2.45) is 5.73 Å². The molecule has 0 aliphatic heterocycles. The summed E-state index contributed by atoms with van der Waals surface area (Å²) in [4.78, 5) is 0. The van der Waals surface area contributed by atoms with E-state index in [-0.39, 0.29) is 0 Å². The molecule has 0 bridgehead atoms. The summed E-state index contributed by atoms with van der Waals surface area (Å²) in [6.45, 7) is 9.64. The lowest BCUT2D eigenvalue weighted by molar-refractivity contribution is 0.0714. The smallest absolute Gasteiger partial charge is 0.402 e. The Labute approximate surface area is 100 Å². The van der Waals surface area contributed by atoms with Crippen LogP contribution in [0.15, 0.2) is 11.8 Å². The minimum absolute atomic E-state index is 0.613. The lowest BCUT2D eigenvalue weighted by Gasteiger charge is -2.28. The number of nitrogens with two attached hydrogens (primary N) is 1. The maximum atomic E-state index is 5.79. The molecule has 2 N–H and O–H groups in total. The highest BCUT2D eigenvalue weighted by Gasteiger charge is 2.39. The Kier molecular flexibility index (Phi) is 8.55. The summed E-state index contributed by atoms with van der Waals surface area (Å²) in [7, 11) is -2.50. The fourth-order valence-corrected chi connectivity index (χ4v) is 4.04. The first-order valence-corrected chi connectivity index (χ1v) is 7.89. The van der Waals surface area contributed by atoms with Crippen LogP contribution in [0.4, 0.5) is 0 Å². The average Bonchev–Trinajstić information content (AvgIpc) is 2.27. The van der Waals surface area contributed by atoms with Crippen molar-refractivity contribution in [1.82, 2.24) is 0 Å². The molecule has 16 heavy (non-hydrogen) atoms. The molecule has 0 fully saturated rings. The van der Waals surface area contributed by atoms with E-state index in [9.17, 15) is 0 Å². The Morgan fingerprint density at radius 3 is 1.81 bits per heavy atom. The van der Waals surface area contributed by atoms with Gasteiger partial charge < -0.3 is 19.0 Å². The summed E-state index contributed by atoms with van der Waals surface area (Å²) in [5.41, 5.74) is 6.64. The zero-order chi connectivity index (χ0) is 12.4. The molecule has 0 aromatic rings. The van der Waals surface area contributed by atoms with Crippen LogP contribution >= 0.6 is 0 Å². The molecule has 0 saturated heterocycles. The van der Waals surface area contributed by atoms with Crippen molar-refractivity contribution in [1.29, 1.82) is 0 Å². The number of hydrogen-bond donors (Lipinski definition) is 1. The van der Waals surface area contributed by atoms with E-state index in [1.54, 1.807) is 0 Å². The summed E-state index contributed by atoms with van der Waals surface area (Å²) in [6, 6.07) is 0.749. The monoisotopic (exact) mass is 247 g/mol. The van der Waals surface area contributed by atoms with Gasteiger partial charge in [0, 0.05) is 31.6 Å². The lowest BCUT2D eigenvalue weighted by Crippen LogP contribution is -2.46. The molecule has 0 rings (SSSR count). The maximum Gasteiger partial charge on any atom is 0.501 e. The van der Waals surface area contributed by atoms with Crippen molar-refractivity contribution < 1.29 is 13.3 Å². The molecule has 96 valence electrons. The van der Waals surface area contributed by atoms with Crippen LogP contribution in [-0.2, 0) is 13.3 Å². The fraction of sp³-hybridized carbons (Fsp3) is 0.818. The molecule has 0 aromatic carbocycles. The maximum absolute atomic E-state index is 5.79. The van der Waals surface area contributed by atoms with E-state index < -0.39 is 8.80 Å². The zero-order valence-corrected chi connectivity index (χ0v) is 11.9. The van der Waals surface area contributed by atoms with Gasteiger partial charge in [-0.05, 0) is 34.1 Å². The molecule has 0 atom stereocenters. The van der Waals surface area contributed by atoms with Crippen molar-refractivity contribution in [3.05, 3.63) is 11.8 Å². The van der Waals surface area contributed by atoms with Crippen molar-refractivity contribution in [2.45, 2.75) is 40.2 Å². The highest BCUT2D eigenvalue weighted by molar-refractivity contribution is 6.60. The van der Waals surface area contributed by atoms with E-state index in [0.29, 0.717) is 19.8 Å². The molecule has 4 nitrogen and oxygen atoms in total. The van der Waals surface area contributed by atoms with Crippen LogP contribution < -0.4 is 5.73 Å². The zero-order valence-electron chi connectivity index (χ0n) is 10.9. The third-order valence-electron chi connectivity index (χ3n) is 2.18. The molecule has 0 heterocycles. The van der Waals surface area contributed by atoms with Gasteiger partial charge in [-0.15, -0.1) is 0 Å². The van der Waals surface area contributed by atoms with E-state index in [4.69, 9.17) is 19.0 Å². The molecular weight excluding hydrogens is 222 g/mol. The minimum Gasteiger partial charge on any atom is -0.402 e. The summed E-state index contributed by atoms with van der Waals surface area (Å²) < 4.78 is 17.2. The Morgan fingerprint density at radius 2 is 1.50 bits per heavy atom. The normalized spacial score (nSPS) is 13.1. The van der Waals surface area contributed by atoms with E-state index in [1.165, 1.54) is 0 Å². The third-order valence-corrected chi connectivity index (χ3v) is 5.23. The fourth-order valence-electron chi connectivity index (χ4n) is 1.44. The second-order valence-electron chi connectivity index (χ2n) is 3.35. The highest BCUT2D eigenvalue weighted by Crippen LogP contribution is 2.19. The first-order chi connectivity index (χ1) is 7.64. The first-order valence-electron chi connectivity index (χ1n) is 5.96. The molecule has 0 aliphatic rings. The first kappa shape index (κ1) is 15.6. The Balaban J connectivity index is 4.46. The van der Waals surface area contributed by atoms with Gasteiger partial charge in [-0.25, -0.2) is 0 Å². The van der Waals surface area contributed by atoms with Gasteiger partial charge >= 0.3 is 8.80 Å². The van der Waals surface area contributed by atoms with Gasteiger partial charge in [0.25, 0.3) is 0 Å². The number of hydrogen-bond acceptors (Lipinski definition) is 4. The van der Waals surface area contributed by atoms with Crippen LogP contribution in [0.1, 0.15) is 34.1 Å². The largest absolute Gasteiger partial charge is 0.501 e. The van der Waals surface area contributed by atoms with Crippen molar-refractivity contribution in [3.8, 4) is 0 Å². The molecule has 0 unspecified atom stereocenters. The van der Waals surface area contributed by atoms with E-state index in [0.717, 1.165) is 18.2 Å². The Morgan fingerprint density at radius 1 is 1.06 bits per heavy atom.